The van der Waals surface area contributed by atoms with Gasteiger partial charge in [-0.25, -0.2) is 4.39 Å². The van der Waals surface area contributed by atoms with Crippen molar-refractivity contribution in [2.45, 2.75) is 11.6 Å². The summed E-state index contributed by atoms with van der Waals surface area (Å²) in [5, 5.41) is 8.67. The van der Waals surface area contributed by atoms with Crippen molar-refractivity contribution in [1.29, 1.82) is 0 Å². The number of hydrogen-bond donors (Lipinski definition) is 0. The van der Waals surface area contributed by atoms with E-state index in [9.17, 15) is 14.0 Å². The molecule has 28 heavy (non-hydrogen) atoms. The van der Waals surface area contributed by atoms with Gasteiger partial charge in [-0.2, -0.15) is 0 Å². The molecular formula is C20H17FN4O2S. The Hall–Kier alpha value is -3.00. The minimum Gasteiger partial charge on any atom is -0.315 e. The highest BCUT2D eigenvalue weighted by molar-refractivity contribution is 7.99. The number of anilines is 1. The van der Waals surface area contributed by atoms with Gasteiger partial charge in [-0.3, -0.25) is 9.59 Å². The number of rotatable bonds is 5. The van der Waals surface area contributed by atoms with E-state index in [1.807, 2.05) is 0 Å². The van der Waals surface area contributed by atoms with E-state index in [-0.39, 0.29) is 23.3 Å². The number of aromatic nitrogens is 3. The SMILES string of the molecule is CN1C(=O)Cc2cc(C(=O)CSc3nnc(-c4ccccc4F)n3C)ccc21. The molecule has 0 unspecified atom stereocenters. The summed E-state index contributed by atoms with van der Waals surface area (Å²) in [4.78, 5) is 26.0. The molecule has 4 rings (SSSR count). The molecule has 0 radical (unpaired) electrons. The first kappa shape index (κ1) is 18.4. The van der Waals surface area contributed by atoms with Gasteiger partial charge in [-0.05, 0) is 35.9 Å². The maximum atomic E-state index is 14.0. The van der Waals surface area contributed by atoms with Crippen LogP contribution in [-0.2, 0) is 18.3 Å². The number of ketones is 1. The van der Waals surface area contributed by atoms with Gasteiger partial charge in [0.1, 0.15) is 5.82 Å². The summed E-state index contributed by atoms with van der Waals surface area (Å²) in [7, 11) is 3.47. The van der Waals surface area contributed by atoms with Crippen molar-refractivity contribution < 1.29 is 14.0 Å². The highest BCUT2D eigenvalue weighted by atomic mass is 32.2. The van der Waals surface area contributed by atoms with Crippen molar-refractivity contribution in [2.24, 2.45) is 7.05 Å². The molecule has 0 saturated carbocycles. The van der Waals surface area contributed by atoms with Crippen molar-refractivity contribution in [2.75, 3.05) is 17.7 Å². The zero-order valence-corrected chi connectivity index (χ0v) is 16.2. The molecule has 0 fully saturated rings. The molecule has 142 valence electrons. The lowest BCUT2D eigenvalue weighted by Crippen LogP contribution is -2.20. The number of nitrogens with zero attached hydrogens (tertiary/aromatic N) is 4. The van der Waals surface area contributed by atoms with Crippen LogP contribution in [-0.4, -0.2) is 39.3 Å². The van der Waals surface area contributed by atoms with Gasteiger partial charge in [0, 0.05) is 25.3 Å². The molecule has 0 saturated heterocycles. The highest BCUT2D eigenvalue weighted by Gasteiger charge is 2.25. The number of carbonyl (C=O) groups excluding carboxylic acids is 2. The monoisotopic (exact) mass is 396 g/mol. The van der Waals surface area contributed by atoms with Gasteiger partial charge in [-0.1, -0.05) is 23.9 Å². The van der Waals surface area contributed by atoms with Crippen LogP contribution in [0, 0.1) is 5.82 Å². The van der Waals surface area contributed by atoms with Crippen LogP contribution in [0.15, 0.2) is 47.6 Å². The molecule has 8 heteroatoms. The van der Waals surface area contributed by atoms with Crippen molar-refractivity contribution in [1.82, 2.24) is 14.8 Å². The Kier molecular flexibility index (Phi) is 4.72. The summed E-state index contributed by atoms with van der Waals surface area (Å²) in [5.74, 6) is 0.167. The van der Waals surface area contributed by atoms with Gasteiger partial charge >= 0.3 is 0 Å². The average Bonchev–Trinajstić information content (AvgIpc) is 3.19. The molecular weight excluding hydrogens is 379 g/mol. The van der Waals surface area contributed by atoms with E-state index in [4.69, 9.17) is 0 Å². The Bertz CT molecular complexity index is 1100. The smallest absolute Gasteiger partial charge is 0.231 e. The molecule has 0 N–H and O–H groups in total. The largest absolute Gasteiger partial charge is 0.315 e. The fourth-order valence-corrected chi connectivity index (χ4v) is 3.98. The van der Waals surface area contributed by atoms with Gasteiger partial charge in [-0.15, -0.1) is 10.2 Å². The van der Waals surface area contributed by atoms with E-state index >= 15 is 0 Å². The van der Waals surface area contributed by atoms with Crippen LogP contribution in [0.4, 0.5) is 10.1 Å². The standard InChI is InChI=1S/C20H17FN4O2S/c1-24-16-8-7-12(9-13(16)10-18(24)27)17(26)11-28-20-23-22-19(25(20)2)14-5-3-4-6-15(14)21/h3-9H,10-11H2,1-2H3. The summed E-state index contributed by atoms with van der Waals surface area (Å²) >= 11 is 1.25. The van der Waals surface area contributed by atoms with Crippen LogP contribution < -0.4 is 4.90 Å². The van der Waals surface area contributed by atoms with Crippen molar-refractivity contribution >= 4 is 29.1 Å². The molecule has 1 aliphatic rings. The van der Waals surface area contributed by atoms with Gasteiger partial charge in [0.05, 0.1) is 17.7 Å². The average molecular weight is 396 g/mol. The van der Waals surface area contributed by atoms with Gasteiger partial charge in [0.25, 0.3) is 0 Å². The molecule has 1 amide bonds. The van der Waals surface area contributed by atoms with Crippen LogP contribution in [0.1, 0.15) is 15.9 Å². The summed E-state index contributed by atoms with van der Waals surface area (Å²) in [6.07, 6.45) is 0.315. The summed E-state index contributed by atoms with van der Waals surface area (Å²) in [5.41, 5.74) is 2.63. The van der Waals surface area contributed by atoms with Gasteiger partial charge in [0.15, 0.2) is 16.8 Å². The molecule has 2 heterocycles. The molecule has 1 aliphatic heterocycles. The number of halogens is 1. The third-order valence-electron chi connectivity index (χ3n) is 4.76. The predicted octanol–water partition coefficient (Wildman–Crippen LogP) is 3.12. The number of Topliss-reactive ketones (excluding diaryl/α,β-unsaturated/α-hetero) is 1. The number of likely N-dealkylation sites (N-methyl/N-ethyl adjacent to an activating group) is 1. The lowest BCUT2D eigenvalue weighted by molar-refractivity contribution is -0.117. The van der Waals surface area contributed by atoms with E-state index < -0.39 is 0 Å². The van der Waals surface area contributed by atoms with Crippen LogP contribution in [0.25, 0.3) is 11.4 Å². The molecule has 0 atom stereocenters. The normalized spacial score (nSPS) is 13.1. The molecule has 0 spiro atoms. The lowest BCUT2D eigenvalue weighted by Gasteiger charge is -2.10. The number of amides is 1. The number of fused-ring (bicyclic) bond motifs is 1. The van der Waals surface area contributed by atoms with Crippen LogP contribution >= 0.6 is 11.8 Å². The van der Waals surface area contributed by atoms with E-state index in [1.165, 1.54) is 17.8 Å². The predicted molar refractivity (Wildman–Crippen MR) is 105 cm³/mol. The van der Waals surface area contributed by atoms with Crippen LogP contribution in [0.2, 0.25) is 0 Å². The summed E-state index contributed by atoms with van der Waals surface area (Å²) in [6.45, 7) is 0. The molecule has 2 aromatic carbocycles. The molecule has 1 aromatic heterocycles. The van der Waals surface area contributed by atoms with Crippen molar-refractivity contribution in [3.05, 3.63) is 59.4 Å². The number of benzene rings is 2. The first-order valence-corrected chi connectivity index (χ1v) is 9.64. The Morgan fingerprint density at radius 3 is 2.75 bits per heavy atom. The fourth-order valence-electron chi connectivity index (χ4n) is 3.17. The summed E-state index contributed by atoms with van der Waals surface area (Å²) < 4.78 is 15.7. The van der Waals surface area contributed by atoms with E-state index in [0.717, 1.165) is 11.3 Å². The highest BCUT2D eigenvalue weighted by Crippen LogP contribution is 2.29. The zero-order chi connectivity index (χ0) is 19.8. The summed E-state index contributed by atoms with van der Waals surface area (Å²) in [6, 6.07) is 11.7. The topological polar surface area (TPSA) is 68.1 Å². The Balaban J connectivity index is 1.49. The van der Waals surface area contributed by atoms with Crippen molar-refractivity contribution in [3.8, 4) is 11.4 Å². The number of carbonyl (C=O) groups is 2. The van der Waals surface area contributed by atoms with Crippen molar-refractivity contribution in [3.63, 3.8) is 0 Å². The minimum absolute atomic E-state index is 0.0220. The van der Waals surface area contributed by atoms with Crippen LogP contribution in [0.3, 0.4) is 0 Å². The molecule has 6 nitrogen and oxygen atoms in total. The fraction of sp³-hybridized carbons (Fsp3) is 0.200. The zero-order valence-electron chi connectivity index (χ0n) is 15.3. The second-order valence-electron chi connectivity index (χ2n) is 6.53. The maximum absolute atomic E-state index is 14.0. The van der Waals surface area contributed by atoms with E-state index in [0.29, 0.717) is 28.5 Å². The third-order valence-corrected chi connectivity index (χ3v) is 5.78. The Labute approximate surface area is 165 Å². The first-order valence-electron chi connectivity index (χ1n) is 8.65. The number of thioether (sulfide) groups is 1. The first-order chi connectivity index (χ1) is 13.5. The van der Waals surface area contributed by atoms with E-state index in [1.54, 1.807) is 60.0 Å². The molecule has 0 aliphatic carbocycles. The quantitative estimate of drug-likeness (QED) is 0.490. The minimum atomic E-state index is -0.372. The van der Waals surface area contributed by atoms with Gasteiger partial charge < -0.3 is 9.47 Å². The third kappa shape index (κ3) is 3.20. The Morgan fingerprint density at radius 2 is 1.96 bits per heavy atom. The molecule has 0 bridgehead atoms. The van der Waals surface area contributed by atoms with Gasteiger partial charge in [0.2, 0.25) is 5.91 Å². The lowest BCUT2D eigenvalue weighted by atomic mass is 10.1. The Morgan fingerprint density at radius 1 is 1.18 bits per heavy atom. The van der Waals surface area contributed by atoms with E-state index in [2.05, 4.69) is 10.2 Å². The van der Waals surface area contributed by atoms with Crippen LogP contribution in [0.5, 0.6) is 0 Å². The molecule has 3 aromatic rings. The number of hydrogen-bond acceptors (Lipinski definition) is 5. The second kappa shape index (κ2) is 7.20. The maximum Gasteiger partial charge on any atom is 0.231 e. The second-order valence-corrected chi connectivity index (χ2v) is 7.47.